The number of rotatable bonds is 5. The molecule has 0 aliphatic heterocycles. The molecule has 0 atom stereocenters. The Hall–Kier alpha value is -1.07. The maximum atomic E-state index is 10.2. The lowest BCUT2D eigenvalue weighted by Crippen LogP contribution is -2.38. The van der Waals surface area contributed by atoms with Gasteiger partial charge in [0.25, 0.3) is 0 Å². The largest absolute Gasteiger partial charge is 0.477 e. The Balaban J connectivity index is 3.76. The summed E-state index contributed by atoms with van der Waals surface area (Å²) in [6.07, 6.45) is 0. The second-order valence-corrected chi connectivity index (χ2v) is 2.87. The van der Waals surface area contributed by atoms with Crippen LogP contribution in [0.25, 0.3) is 0 Å². The molecule has 0 fully saturated rings. The molecule has 0 saturated carbocycles. The van der Waals surface area contributed by atoms with E-state index in [4.69, 9.17) is 10.3 Å². The highest BCUT2D eigenvalue weighted by atomic mass is 16.5. The summed E-state index contributed by atoms with van der Waals surface area (Å²) in [7, 11) is 0. The molecule has 0 saturated heterocycles. The number of nitrogens with zero attached hydrogens (tertiary/aromatic N) is 1. The molecule has 0 rings (SSSR count). The Labute approximate surface area is 71.2 Å². The predicted octanol–water partition coefficient (Wildman–Crippen LogP) is 0.436. The quantitative estimate of drug-likeness (QED) is 0.416. The van der Waals surface area contributed by atoms with Gasteiger partial charge in [-0.3, -0.25) is 10.6 Å². The van der Waals surface area contributed by atoms with Gasteiger partial charge in [-0.2, -0.15) is 0 Å². The highest BCUT2D eigenvalue weighted by molar-refractivity contribution is 5.84. The molecule has 0 spiro atoms. The monoisotopic (exact) mass is 174 g/mol. The third kappa shape index (κ3) is 4.70. The SMILES string of the molecule is C=C(NN(O)CC(C)C)C(=O)O. The van der Waals surface area contributed by atoms with E-state index >= 15 is 0 Å². The van der Waals surface area contributed by atoms with E-state index in [0.717, 1.165) is 0 Å². The highest BCUT2D eigenvalue weighted by Crippen LogP contribution is 1.94. The second kappa shape index (κ2) is 4.74. The van der Waals surface area contributed by atoms with Gasteiger partial charge < -0.3 is 5.11 Å². The minimum absolute atomic E-state index is 0.240. The fourth-order valence-electron chi connectivity index (χ4n) is 0.595. The Kier molecular flexibility index (Phi) is 4.31. The van der Waals surface area contributed by atoms with Crippen molar-refractivity contribution in [3.63, 3.8) is 0 Å². The fraction of sp³-hybridized carbons (Fsp3) is 0.571. The molecule has 0 radical (unpaired) electrons. The summed E-state index contributed by atoms with van der Waals surface area (Å²) in [4.78, 5) is 10.2. The summed E-state index contributed by atoms with van der Waals surface area (Å²) in [5.74, 6) is -0.943. The van der Waals surface area contributed by atoms with Crippen LogP contribution >= 0.6 is 0 Å². The lowest BCUT2D eigenvalue weighted by atomic mass is 10.2. The van der Waals surface area contributed by atoms with E-state index in [2.05, 4.69) is 12.0 Å². The first-order valence-electron chi connectivity index (χ1n) is 3.58. The molecular formula is C7H14N2O3. The van der Waals surface area contributed by atoms with Crippen LogP contribution < -0.4 is 5.43 Å². The number of carbonyl (C=O) groups is 1. The molecule has 12 heavy (non-hydrogen) atoms. The molecule has 0 amide bonds. The lowest BCUT2D eigenvalue weighted by molar-refractivity contribution is -0.148. The van der Waals surface area contributed by atoms with Crippen molar-refractivity contribution in [2.45, 2.75) is 13.8 Å². The van der Waals surface area contributed by atoms with Crippen LogP contribution in [0.2, 0.25) is 0 Å². The van der Waals surface area contributed by atoms with Crippen LogP contribution in [0.5, 0.6) is 0 Å². The number of nitrogens with one attached hydrogen (secondary N) is 1. The normalized spacial score (nSPS) is 10.4. The van der Waals surface area contributed by atoms with Gasteiger partial charge in [-0.05, 0) is 5.92 Å². The average molecular weight is 174 g/mol. The Bertz CT molecular complexity index is 179. The van der Waals surface area contributed by atoms with Crippen LogP contribution in [-0.2, 0) is 4.79 Å². The molecule has 0 unspecified atom stereocenters. The van der Waals surface area contributed by atoms with Crippen molar-refractivity contribution in [2.24, 2.45) is 5.92 Å². The van der Waals surface area contributed by atoms with Crippen LogP contribution in [0, 0.1) is 5.92 Å². The lowest BCUT2D eigenvalue weighted by Gasteiger charge is -2.18. The average Bonchev–Trinajstić information content (AvgIpc) is 1.84. The van der Waals surface area contributed by atoms with E-state index in [0.29, 0.717) is 11.7 Å². The van der Waals surface area contributed by atoms with Crippen LogP contribution in [0.15, 0.2) is 12.3 Å². The Morgan fingerprint density at radius 2 is 2.17 bits per heavy atom. The molecule has 0 heterocycles. The van der Waals surface area contributed by atoms with E-state index in [1.165, 1.54) is 0 Å². The van der Waals surface area contributed by atoms with Crippen LogP contribution in [0.4, 0.5) is 0 Å². The number of hydrogen-bond acceptors (Lipinski definition) is 4. The van der Waals surface area contributed by atoms with E-state index < -0.39 is 5.97 Å². The van der Waals surface area contributed by atoms with Crippen molar-refractivity contribution in [3.05, 3.63) is 12.3 Å². The number of carboxylic acid groups (broad SMARTS) is 1. The predicted molar refractivity (Wildman–Crippen MR) is 43.2 cm³/mol. The molecule has 70 valence electrons. The minimum atomic E-state index is -1.18. The third-order valence-electron chi connectivity index (χ3n) is 1.06. The summed E-state index contributed by atoms with van der Waals surface area (Å²) in [5, 5.41) is 18.1. The summed E-state index contributed by atoms with van der Waals surface area (Å²) in [5.41, 5.74) is 1.95. The maximum Gasteiger partial charge on any atom is 0.352 e. The van der Waals surface area contributed by atoms with Crippen molar-refractivity contribution in [3.8, 4) is 0 Å². The number of hydrazine groups is 1. The van der Waals surface area contributed by atoms with Crippen LogP contribution in [0.1, 0.15) is 13.8 Å². The van der Waals surface area contributed by atoms with Crippen molar-refractivity contribution < 1.29 is 15.1 Å². The summed E-state index contributed by atoms with van der Waals surface area (Å²) < 4.78 is 0. The number of hydrogen-bond donors (Lipinski definition) is 3. The number of aliphatic carboxylic acids is 1. The van der Waals surface area contributed by atoms with Crippen molar-refractivity contribution >= 4 is 5.97 Å². The molecule has 0 aliphatic rings. The van der Waals surface area contributed by atoms with Crippen LogP contribution in [-0.4, -0.2) is 28.0 Å². The van der Waals surface area contributed by atoms with E-state index in [9.17, 15) is 4.79 Å². The first-order chi connectivity index (χ1) is 5.43. The molecule has 5 nitrogen and oxygen atoms in total. The van der Waals surface area contributed by atoms with Crippen molar-refractivity contribution in [1.82, 2.24) is 10.6 Å². The van der Waals surface area contributed by atoms with Gasteiger partial charge in [0.05, 0.1) is 0 Å². The molecule has 0 aliphatic carbocycles. The standard InChI is InChI=1S/C7H14N2O3/c1-5(2)4-9(12)8-6(3)7(10)11/h5,8,12H,3-4H2,1-2H3,(H,10,11). The van der Waals surface area contributed by atoms with E-state index in [-0.39, 0.29) is 11.6 Å². The zero-order chi connectivity index (χ0) is 9.72. The molecule has 0 aromatic carbocycles. The Morgan fingerprint density at radius 3 is 2.50 bits per heavy atom. The van der Waals surface area contributed by atoms with Crippen molar-refractivity contribution in [2.75, 3.05) is 6.54 Å². The van der Waals surface area contributed by atoms with Gasteiger partial charge in [0.1, 0.15) is 5.70 Å². The first-order valence-corrected chi connectivity index (χ1v) is 3.58. The second-order valence-electron chi connectivity index (χ2n) is 2.87. The molecule has 0 aromatic heterocycles. The van der Waals surface area contributed by atoms with E-state index in [1.54, 1.807) is 0 Å². The van der Waals surface area contributed by atoms with Gasteiger partial charge in [0.15, 0.2) is 0 Å². The molecular weight excluding hydrogens is 160 g/mol. The zero-order valence-corrected chi connectivity index (χ0v) is 7.24. The first kappa shape index (κ1) is 10.9. The number of carboxylic acids is 1. The maximum absolute atomic E-state index is 10.2. The van der Waals surface area contributed by atoms with Gasteiger partial charge in [-0.25, -0.2) is 4.79 Å². The summed E-state index contributed by atoms with van der Waals surface area (Å²) >= 11 is 0. The molecule has 3 N–H and O–H groups in total. The zero-order valence-electron chi connectivity index (χ0n) is 7.24. The molecule has 0 aromatic rings. The topological polar surface area (TPSA) is 72.8 Å². The fourth-order valence-corrected chi connectivity index (χ4v) is 0.595. The third-order valence-corrected chi connectivity index (χ3v) is 1.06. The van der Waals surface area contributed by atoms with E-state index in [1.807, 2.05) is 13.8 Å². The van der Waals surface area contributed by atoms with Crippen molar-refractivity contribution in [1.29, 1.82) is 0 Å². The Morgan fingerprint density at radius 1 is 1.67 bits per heavy atom. The van der Waals surface area contributed by atoms with Gasteiger partial charge in [-0.15, -0.1) is 5.17 Å². The van der Waals surface area contributed by atoms with Crippen LogP contribution in [0.3, 0.4) is 0 Å². The summed E-state index contributed by atoms with van der Waals surface area (Å²) in [6.45, 7) is 7.32. The van der Waals surface area contributed by atoms with Gasteiger partial charge >= 0.3 is 5.97 Å². The minimum Gasteiger partial charge on any atom is -0.477 e. The number of hydroxylamine groups is 1. The smallest absolute Gasteiger partial charge is 0.352 e. The highest BCUT2D eigenvalue weighted by Gasteiger charge is 2.08. The summed E-state index contributed by atoms with van der Waals surface area (Å²) in [6, 6.07) is 0. The van der Waals surface area contributed by atoms with Gasteiger partial charge in [0.2, 0.25) is 0 Å². The van der Waals surface area contributed by atoms with Gasteiger partial charge in [0, 0.05) is 6.54 Å². The van der Waals surface area contributed by atoms with Gasteiger partial charge in [-0.1, -0.05) is 20.4 Å². The molecule has 0 bridgehead atoms. The molecule has 5 heteroatoms.